The fourth-order valence-electron chi connectivity index (χ4n) is 1.70. The van der Waals surface area contributed by atoms with Gasteiger partial charge in [0.25, 0.3) is 0 Å². The van der Waals surface area contributed by atoms with Gasteiger partial charge in [-0.15, -0.1) is 11.3 Å². The molecule has 1 nitrogen and oxygen atoms in total. The molecular weight excluding hydrogens is 270 g/mol. The van der Waals surface area contributed by atoms with Gasteiger partial charge in [-0.25, -0.2) is 0 Å². The molecule has 0 fully saturated rings. The molecule has 1 unspecified atom stereocenters. The zero-order valence-corrected chi connectivity index (χ0v) is 12.0. The van der Waals surface area contributed by atoms with Gasteiger partial charge in [0.15, 0.2) is 0 Å². The minimum Gasteiger partial charge on any atom is -0.310 e. The van der Waals surface area contributed by atoms with E-state index in [9.17, 15) is 0 Å². The molecule has 0 saturated carbocycles. The van der Waals surface area contributed by atoms with Crippen molar-refractivity contribution in [3.63, 3.8) is 0 Å². The molecule has 0 spiro atoms. The van der Waals surface area contributed by atoms with Crippen LogP contribution in [0.4, 0.5) is 0 Å². The maximum absolute atomic E-state index is 3.56. The number of thiophene rings is 1. The third-order valence-electron chi connectivity index (χ3n) is 2.48. The van der Waals surface area contributed by atoms with E-state index in [-0.39, 0.29) is 0 Å². The monoisotopic (exact) mass is 289 g/mol. The molecule has 3 heteroatoms. The highest BCUT2D eigenvalue weighted by atomic mass is 79.9. The predicted octanol–water partition coefficient (Wildman–Crippen LogP) is 4.74. The van der Waals surface area contributed by atoms with Crippen LogP contribution in [0.3, 0.4) is 0 Å². The van der Waals surface area contributed by atoms with Gasteiger partial charge in [0.1, 0.15) is 0 Å². The van der Waals surface area contributed by atoms with Gasteiger partial charge >= 0.3 is 0 Å². The molecule has 1 N–H and O–H groups in total. The standard InChI is InChI=1S/C12H20BrNS/c1-3-5-6-7-11(14-4-2)12-8-10(13)9-15-12/h8-9,11,14H,3-7H2,1-2H3. The van der Waals surface area contributed by atoms with Crippen molar-refractivity contribution in [3.8, 4) is 0 Å². The molecule has 0 radical (unpaired) electrons. The first-order chi connectivity index (χ1) is 7.27. The molecule has 1 atom stereocenters. The highest BCUT2D eigenvalue weighted by Gasteiger charge is 2.11. The van der Waals surface area contributed by atoms with E-state index in [0.717, 1.165) is 6.54 Å². The number of unbranched alkanes of at least 4 members (excludes halogenated alkanes) is 2. The van der Waals surface area contributed by atoms with Crippen molar-refractivity contribution in [2.24, 2.45) is 0 Å². The molecule has 15 heavy (non-hydrogen) atoms. The zero-order chi connectivity index (χ0) is 11.1. The van der Waals surface area contributed by atoms with E-state index in [1.807, 2.05) is 11.3 Å². The quantitative estimate of drug-likeness (QED) is 0.715. The summed E-state index contributed by atoms with van der Waals surface area (Å²) in [4.78, 5) is 1.46. The Bertz CT molecular complexity index is 272. The van der Waals surface area contributed by atoms with Crippen molar-refractivity contribution in [2.75, 3.05) is 6.54 Å². The largest absolute Gasteiger partial charge is 0.310 e. The summed E-state index contributed by atoms with van der Waals surface area (Å²) in [6.07, 6.45) is 5.22. The van der Waals surface area contributed by atoms with Gasteiger partial charge in [-0.1, -0.05) is 33.1 Å². The van der Waals surface area contributed by atoms with Crippen LogP contribution in [0.25, 0.3) is 0 Å². The summed E-state index contributed by atoms with van der Waals surface area (Å²) < 4.78 is 1.21. The average Bonchev–Trinajstić information content (AvgIpc) is 2.64. The Morgan fingerprint density at radius 1 is 1.40 bits per heavy atom. The molecule has 1 aromatic rings. The first-order valence-corrected chi connectivity index (χ1v) is 7.42. The molecule has 0 aliphatic rings. The predicted molar refractivity (Wildman–Crippen MR) is 72.6 cm³/mol. The molecule has 0 amide bonds. The van der Waals surface area contributed by atoms with E-state index >= 15 is 0 Å². The molecule has 1 aromatic heterocycles. The van der Waals surface area contributed by atoms with E-state index in [2.05, 4.69) is 46.5 Å². The van der Waals surface area contributed by atoms with Gasteiger partial charge in [-0.05, 0) is 35.0 Å². The minimum atomic E-state index is 0.554. The van der Waals surface area contributed by atoms with E-state index < -0.39 is 0 Å². The van der Waals surface area contributed by atoms with E-state index in [4.69, 9.17) is 0 Å². The maximum Gasteiger partial charge on any atom is 0.0415 e. The average molecular weight is 290 g/mol. The Hall–Kier alpha value is 0.140. The second-order valence-corrected chi connectivity index (χ2v) is 5.63. The number of hydrogen-bond acceptors (Lipinski definition) is 2. The Labute approximate surface area is 105 Å². The highest BCUT2D eigenvalue weighted by molar-refractivity contribution is 9.10. The summed E-state index contributed by atoms with van der Waals surface area (Å²) in [7, 11) is 0. The van der Waals surface area contributed by atoms with Crippen LogP contribution in [0, 0.1) is 0 Å². The first-order valence-electron chi connectivity index (χ1n) is 5.75. The van der Waals surface area contributed by atoms with Crippen LogP contribution in [0.15, 0.2) is 15.9 Å². The number of hydrogen-bond donors (Lipinski definition) is 1. The molecule has 1 heterocycles. The van der Waals surface area contributed by atoms with Crippen LogP contribution in [0.2, 0.25) is 0 Å². The van der Waals surface area contributed by atoms with Crippen LogP contribution in [0.5, 0.6) is 0 Å². The normalized spacial score (nSPS) is 13.0. The third-order valence-corrected chi connectivity index (χ3v) is 4.29. The van der Waals surface area contributed by atoms with Crippen LogP contribution >= 0.6 is 27.3 Å². The van der Waals surface area contributed by atoms with Gasteiger partial charge in [0.05, 0.1) is 0 Å². The lowest BCUT2D eigenvalue weighted by Crippen LogP contribution is -2.19. The summed E-state index contributed by atoms with van der Waals surface area (Å²) in [6, 6.07) is 2.79. The van der Waals surface area contributed by atoms with Gasteiger partial charge in [-0.3, -0.25) is 0 Å². The number of halogens is 1. The molecule has 0 aliphatic heterocycles. The second kappa shape index (κ2) is 7.42. The van der Waals surface area contributed by atoms with Gasteiger partial charge in [0.2, 0.25) is 0 Å². The van der Waals surface area contributed by atoms with Crippen LogP contribution in [-0.2, 0) is 0 Å². The fraction of sp³-hybridized carbons (Fsp3) is 0.667. The lowest BCUT2D eigenvalue weighted by atomic mass is 10.1. The summed E-state index contributed by atoms with van der Waals surface area (Å²) in [5.74, 6) is 0. The molecule has 0 aromatic carbocycles. The summed E-state index contributed by atoms with van der Waals surface area (Å²) in [5, 5.41) is 5.73. The SMILES string of the molecule is CCCCCC(NCC)c1cc(Br)cs1. The Balaban J connectivity index is 2.49. The van der Waals surface area contributed by atoms with E-state index in [1.54, 1.807) is 0 Å². The second-order valence-electron chi connectivity index (χ2n) is 3.77. The lowest BCUT2D eigenvalue weighted by Gasteiger charge is -2.15. The lowest BCUT2D eigenvalue weighted by molar-refractivity contribution is 0.493. The van der Waals surface area contributed by atoms with Crippen LogP contribution in [0.1, 0.15) is 50.4 Å². The van der Waals surface area contributed by atoms with E-state index in [0.29, 0.717) is 6.04 Å². The fourth-order valence-corrected chi connectivity index (χ4v) is 3.26. The molecule has 0 aliphatic carbocycles. The Kier molecular flexibility index (Phi) is 6.53. The van der Waals surface area contributed by atoms with Gasteiger partial charge < -0.3 is 5.32 Å². The zero-order valence-electron chi connectivity index (χ0n) is 9.55. The molecule has 1 rings (SSSR count). The van der Waals surface area contributed by atoms with Crippen molar-refractivity contribution in [3.05, 3.63) is 20.8 Å². The molecular formula is C12H20BrNS. The highest BCUT2D eigenvalue weighted by Crippen LogP contribution is 2.28. The Morgan fingerprint density at radius 3 is 2.73 bits per heavy atom. The van der Waals surface area contributed by atoms with Crippen molar-refractivity contribution in [2.45, 2.75) is 45.6 Å². The molecule has 0 saturated heterocycles. The van der Waals surface area contributed by atoms with Crippen molar-refractivity contribution in [1.29, 1.82) is 0 Å². The first kappa shape index (κ1) is 13.2. The molecule has 0 bridgehead atoms. The molecule has 86 valence electrons. The van der Waals surface area contributed by atoms with Crippen molar-refractivity contribution in [1.82, 2.24) is 5.32 Å². The minimum absolute atomic E-state index is 0.554. The van der Waals surface area contributed by atoms with Crippen LogP contribution in [-0.4, -0.2) is 6.54 Å². The van der Waals surface area contributed by atoms with Crippen LogP contribution < -0.4 is 5.32 Å². The summed E-state index contributed by atoms with van der Waals surface area (Å²) in [6.45, 7) is 5.48. The third kappa shape index (κ3) is 4.66. The summed E-state index contributed by atoms with van der Waals surface area (Å²) in [5.41, 5.74) is 0. The maximum atomic E-state index is 3.56. The number of rotatable bonds is 7. The smallest absolute Gasteiger partial charge is 0.0415 e. The van der Waals surface area contributed by atoms with Gasteiger partial charge in [0, 0.05) is 20.8 Å². The topological polar surface area (TPSA) is 12.0 Å². The summed E-state index contributed by atoms with van der Waals surface area (Å²) >= 11 is 5.36. The van der Waals surface area contributed by atoms with Gasteiger partial charge in [-0.2, -0.15) is 0 Å². The Morgan fingerprint density at radius 2 is 2.20 bits per heavy atom. The van der Waals surface area contributed by atoms with Crippen molar-refractivity contribution < 1.29 is 0 Å². The van der Waals surface area contributed by atoms with Crippen molar-refractivity contribution >= 4 is 27.3 Å². The number of nitrogens with one attached hydrogen (secondary N) is 1. The van der Waals surface area contributed by atoms with E-state index in [1.165, 1.54) is 35.0 Å².